The third kappa shape index (κ3) is 2.09. The van der Waals surface area contributed by atoms with Gasteiger partial charge in [0.05, 0.1) is 6.33 Å². The minimum atomic E-state index is -0.954. The van der Waals surface area contributed by atoms with E-state index in [1.165, 1.54) is 12.7 Å². The molecule has 0 radical (unpaired) electrons. The molecule has 3 rings (SSSR count). The number of carboxylic acid groups (broad SMARTS) is 1. The van der Waals surface area contributed by atoms with E-state index in [1.54, 1.807) is 0 Å². The fraction of sp³-hybridized carbons (Fsp3) is 0.538. The summed E-state index contributed by atoms with van der Waals surface area (Å²) in [6, 6.07) is 0. The first-order valence-corrected chi connectivity index (χ1v) is 6.76. The molecule has 0 amide bonds. The summed E-state index contributed by atoms with van der Waals surface area (Å²) in [5, 5.41) is 12.8. The SMILES string of the molecule is CC1CCCC(Nc2ncnc3nc[nH]c23)(C(=O)O)C1. The number of nitrogens with one attached hydrogen (secondary N) is 2. The van der Waals surface area contributed by atoms with Gasteiger partial charge in [0.1, 0.15) is 17.4 Å². The Kier molecular flexibility index (Phi) is 3.04. The molecule has 106 valence electrons. The molecule has 2 atom stereocenters. The van der Waals surface area contributed by atoms with Crippen LogP contribution in [0.1, 0.15) is 32.6 Å². The van der Waals surface area contributed by atoms with Crippen LogP contribution < -0.4 is 5.32 Å². The third-order valence-corrected chi connectivity index (χ3v) is 3.99. The second kappa shape index (κ2) is 4.73. The number of carbonyl (C=O) groups is 1. The maximum Gasteiger partial charge on any atom is 0.329 e. The summed E-state index contributed by atoms with van der Waals surface area (Å²) in [6.45, 7) is 2.09. The van der Waals surface area contributed by atoms with Crippen molar-refractivity contribution in [1.82, 2.24) is 19.9 Å². The lowest BCUT2D eigenvalue weighted by molar-refractivity contribution is -0.144. The minimum absolute atomic E-state index is 0.381. The van der Waals surface area contributed by atoms with Crippen LogP contribution in [-0.2, 0) is 4.79 Å². The van der Waals surface area contributed by atoms with Crippen molar-refractivity contribution in [1.29, 1.82) is 0 Å². The summed E-state index contributed by atoms with van der Waals surface area (Å²) in [5.41, 5.74) is 0.225. The van der Waals surface area contributed by atoms with E-state index in [1.807, 2.05) is 0 Å². The van der Waals surface area contributed by atoms with E-state index in [0.29, 0.717) is 35.7 Å². The molecule has 2 aromatic rings. The number of anilines is 1. The Bertz CT molecular complexity index is 640. The van der Waals surface area contributed by atoms with Crippen LogP contribution in [-0.4, -0.2) is 36.6 Å². The highest BCUT2D eigenvalue weighted by Gasteiger charge is 2.42. The first kappa shape index (κ1) is 12.8. The molecule has 0 spiro atoms. The van der Waals surface area contributed by atoms with E-state index in [-0.39, 0.29) is 0 Å². The number of rotatable bonds is 3. The lowest BCUT2D eigenvalue weighted by Gasteiger charge is -2.37. The molecule has 0 aromatic carbocycles. The van der Waals surface area contributed by atoms with Gasteiger partial charge >= 0.3 is 5.97 Å². The van der Waals surface area contributed by atoms with Crippen molar-refractivity contribution < 1.29 is 9.90 Å². The highest BCUT2D eigenvalue weighted by Crippen LogP contribution is 2.35. The smallest absolute Gasteiger partial charge is 0.329 e. The molecular weight excluding hydrogens is 258 g/mol. The van der Waals surface area contributed by atoms with Crippen LogP contribution in [0.4, 0.5) is 5.82 Å². The third-order valence-electron chi connectivity index (χ3n) is 3.99. The number of hydrogen-bond acceptors (Lipinski definition) is 5. The number of fused-ring (bicyclic) bond motifs is 1. The number of H-pyrrole nitrogens is 1. The average Bonchev–Trinajstić information content (AvgIpc) is 2.88. The molecule has 1 fully saturated rings. The Hall–Kier alpha value is -2.18. The molecule has 1 saturated carbocycles. The molecule has 7 heteroatoms. The Morgan fingerprint density at radius 3 is 3.10 bits per heavy atom. The van der Waals surface area contributed by atoms with Crippen LogP contribution in [0.15, 0.2) is 12.7 Å². The fourth-order valence-corrected chi connectivity index (χ4v) is 3.00. The van der Waals surface area contributed by atoms with Crippen molar-refractivity contribution in [2.24, 2.45) is 5.92 Å². The summed E-state index contributed by atoms with van der Waals surface area (Å²) >= 11 is 0. The second-order valence-corrected chi connectivity index (χ2v) is 5.54. The van der Waals surface area contributed by atoms with Gasteiger partial charge in [-0.05, 0) is 18.8 Å². The zero-order valence-electron chi connectivity index (χ0n) is 11.3. The maximum absolute atomic E-state index is 11.8. The lowest BCUT2D eigenvalue weighted by Crippen LogP contribution is -2.49. The fourth-order valence-electron chi connectivity index (χ4n) is 3.00. The van der Waals surface area contributed by atoms with Gasteiger partial charge in [0.2, 0.25) is 0 Å². The number of carboxylic acids is 1. The first-order chi connectivity index (χ1) is 9.61. The molecule has 0 aliphatic heterocycles. The Morgan fingerprint density at radius 2 is 2.35 bits per heavy atom. The maximum atomic E-state index is 11.8. The molecule has 1 aliphatic carbocycles. The van der Waals surface area contributed by atoms with E-state index in [9.17, 15) is 9.90 Å². The van der Waals surface area contributed by atoms with Crippen LogP contribution in [0, 0.1) is 5.92 Å². The van der Waals surface area contributed by atoms with E-state index in [4.69, 9.17) is 0 Å². The van der Waals surface area contributed by atoms with Gasteiger partial charge in [-0.3, -0.25) is 0 Å². The molecule has 20 heavy (non-hydrogen) atoms. The molecule has 0 saturated heterocycles. The summed E-state index contributed by atoms with van der Waals surface area (Å²) < 4.78 is 0. The van der Waals surface area contributed by atoms with E-state index in [0.717, 1.165) is 12.8 Å². The van der Waals surface area contributed by atoms with Crippen molar-refractivity contribution in [3.8, 4) is 0 Å². The highest BCUT2D eigenvalue weighted by atomic mass is 16.4. The van der Waals surface area contributed by atoms with Gasteiger partial charge in [-0.2, -0.15) is 0 Å². The molecule has 0 bridgehead atoms. The highest BCUT2D eigenvalue weighted by molar-refractivity contribution is 5.88. The number of nitrogens with zero attached hydrogens (tertiary/aromatic N) is 3. The van der Waals surface area contributed by atoms with Crippen LogP contribution in [0.25, 0.3) is 11.2 Å². The lowest BCUT2D eigenvalue weighted by atomic mass is 9.76. The number of imidazole rings is 1. The molecule has 2 aromatic heterocycles. The topological polar surface area (TPSA) is 104 Å². The molecule has 1 aliphatic rings. The number of aromatic nitrogens is 4. The van der Waals surface area contributed by atoms with Crippen molar-refractivity contribution in [3.05, 3.63) is 12.7 Å². The Labute approximate surface area is 115 Å². The van der Waals surface area contributed by atoms with Gasteiger partial charge in [-0.25, -0.2) is 19.7 Å². The van der Waals surface area contributed by atoms with Gasteiger partial charge in [0.15, 0.2) is 11.5 Å². The van der Waals surface area contributed by atoms with Crippen LogP contribution >= 0.6 is 0 Å². The molecule has 2 heterocycles. The number of hydrogen-bond donors (Lipinski definition) is 3. The Morgan fingerprint density at radius 1 is 1.50 bits per heavy atom. The Balaban J connectivity index is 1.98. The summed E-state index contributed by atoms with van der Waals surface area (Å²) in [4.78, 5) is 27.0. The minimum Gasteiger partial charge on any atom is -0.480 e. The summed E-state index contributed by atoms with van der Waals surface area (Å²) in [7, 11) is 0. The zero-order chi connectivity index (χ0) is 14.2. The predicted octanol–water partition coefficient (Wildman–Crippen LogP) is 1.80. The standard InChI is InChI=1S/C13H17N5O2/c1-8-3-2-4-13(5-8,12(19)20)18-11-9-10(15-6-14-9)16-7-17-11/h6-8H,2-5H2,1H3,(H,19,20)(H2,14,15,16,17,18). The number of aliphatic carboxylic acids is 1. The monoisotopic (exact) mass is 275 g/mol. The molecular formula is C13H17N5O2. The van der Waals surface area contributed by atoms with Gasteiger partial charge in [-0.1, -0.05) is 19.8 Å². The largest absolute Gasteiger partial charge is 0.480 e. The zero-order valence-corrected chi connectivity index (χ0v) is 11.3. The van der Waals surface area contributed by atoms with Crippen LogP contribution in [0.5, 0.6) is 0 Å². The summed E-state index contributed by atoms with van der Waals surface area (Å²) in [6.07, 6.45) is 6.10. The van der Waals surface area contributed by atoms with Gasteiger partial charge < -0.3 is 15.4 Å². The van der Waals surface area contributed by atoms with Gasteiger partial charge in [0, 0.05) is 0 Å². The predicted molar refractivity (Wildman–Crippen MR) is 73.3 cm³/mol. The van der Waals surface area contributed by atoms with E-state index < -0.39 is 11.5 Å². The van der Waals surface area contributed by atoms with Crippen LogP contribution in [0.2, 0.25) is 0 Å². The van der Waals surface area contributed by atoms with Crippen molar-refractivity contribution in [2.75, 3.05) is 5.32 Å². The average molecular weight is 275 g/mol. The molecule has 7 nitrogen and oxygen atoms in total. The van der Waals surface area contributed by atoms with Crippen molar-refractivity contribution >= 4 is 23.0 Å². The number of aromatic amines is 1. The second-order valence-electron chi connectivity index (χ2n) is 5.54. The van der Waals surface area contributed by atoms with Gasteiger partial charge in [0.25, 0.3) is 0 Å². The van der Waals surface area contributed by atoms with Gasteiger partial charge in [-0.15, -0.1) is 0 Å². The quantitative estimate of drug-likeness (QED) is 0.789. The van der Waals surface area contributed by atoms with E-state index in [2.05, 4.69) is 32.2 Å². The molecule has 3 N–H and O–H groups in total. The summed E-state index contributed by atoms with van der Waals surface area (Å²) in [5.74, 6) is 0.0609. The van der Waals surface area contributed by atoms with Crippen molar-refractivity contribution in [2.45, 2.75) is 38.1 Å². The first-order valence-electron chi connectivity index (χ1n) is 6.76. The van der Waals surface area contributed by atoms with E-state index >= 15 is 0 Å². The van der Waals surface area contributed by atoms with Crippen LogP contribution in [0.3, 0.4) is 0 Å². The molecule has 2 unspecified atom stereocenters. The normalized spacial score (nSPS) is 26.6. The van der Waals surface area contributed by atoms with Crippen molar-refractivity contribution in [3.63, 3.8) is 0 Å².